The first-order valence-electron chi connectivity index (χ1n) is 2.49. The van der Waals surface area contributed by atoms with Crippen LogP contribution in [0.5, 0.6) is 0 Å². The van der Waals surface area contributed by atoms with Crippen LogP contribution in [0.1, 0.15) is 0 Å². The van der Waals surface area contributed by atoms with Crippen LogP contribution in [0.3, 0.4) is 0 Å². The van der Waals surface area contributed by atoms with Crippen LogP contribution in [0.25, 0.3) is 0 Å². The fraction of sp³-hybridized carbons (Fsp3) is 0. The summed E-state index contributed by atoms with van der Waals surface area (Å²) in [6.45, 7) is 3.69. The van der Waals surface area contributed by atoms with Crippen LogP contribution in [0, 0.1) is 13.1 Å². The van der Waals surface area contributed by atoms with E-state index in [0.717, 1.165) is 0 Å². The fourth-order valence-electron chi connectivity index (χ4n) is 0.430. The molecular formula is C6H8N2. The van der Waals surface area contributed by atoms with Gasteiger partial charge in [-0.05, 0) is 24.6 Å². The normalized spacial score (nSPS) is 27.0. The van der Waals surface area contributed by atoms with Crippen molar-refractivity contribution in [3.05, 3.63) is 37.6 Å². The fourth-order valence-corrected chi connectivity index (χ4v) is 0.430. The van der Waals surface area contributed by atoms with Gasteiger partial charge in [-0.15, -0.1) is 0 Å². The summed E-state index contributed by atoms with van der Waals surface area (Å²) in [5, 5.41) is 5.85. The molecule has 2 radical (unpaired) electrons. The first-order valence-corrected chi connectivity index (χ1v) is 2.49. The van der Waals surface area contributed by atoms with E-state index in [2.05, 4.69) is 10.6 Å². The molecule has 0 aromatic rings. The van der Waals surface area contributed by atoms with E-state index in [0.29, 0.717) is 0 Å². The molecule has 0 fully saturated rings. The van der Waals surface area contributed by atoms with Crippen molar-refractivity contribution in [3.63, 3.8) is 0 Å². The third-order valence-electron chi connectivity index (χ3n) is 0.770. The molecule has 8 heavy (non-hydrogen) atoms. The summed E-state index contributed by atoms with van der Waals surface area (Å²) in [7, 11) is 0. The monoisotopic (exact) mass is 108 g/mol. The average Bonchev–Trinajstić information content (AvgIpc) is 1.62. The zero-order valence-corrected chi connectivity index (χ0v) is 4.46. The molecule has 1 heterocycles. The lowest BCUT2D eigenvalue weighted by molar-refractivity contribution is 1.00. The van der Waals surface area contributed by atoms with Gasteiger partial charge < -0.3 is 10.6 Å². The largest absolute Gasteiger partial charge is 0.368 e. The Balaban J connectivity index is 2.31. The first-order chi connectivity index (χ1) is 4.00. The summed E-state index contributed by atoms with van der Waals surface area (Å²) in [5.74, 6) is 0. The molecule has 0 aliphatic carbocycles. The Kier molecular flexibility index (Phi) is 2.20. The molecule has 0 amide bonds. The van der Waals surface area contributed by atoms with Gasteiger partial charge in [0.25, 0.3) is 0 Å². The molecule has 0 saturated carbocycles. The standard InChI is InChI=1S/C6H8N2/c1-3-7-5-2-6-8-4-1/h1-8H/b3-1-,5-2-. The molecule has 1 aliphatic heterocycles. The molecule has 0 atom stereocenters. The molecule has 2 nitrogen and oxygen atoms in total. The molecule has 0 spiro atoms. The van der Waals surface area contributed by atoms with E-state index in [-0.39, 0.29) is 0 Å². The predicted molar refractivity (Wildman–Crippen MR) is 33.2 cm³/mol. The van der Waals surface area contributed by atoms with Gasteiger partial charge in [-0.2, -0.15) is 0 Å². The lowest BCUT2D eigenvalue weighted by Gasteiger charge is -1.97. The van der Waals surface area contributed by atoms with Crippen LogP contribution >= 0.6 is 0 Å². The second-order valence-electron chi connectivity index (χ2n) is 1.38. The van der Waals surface area contributed by atoms with Gasteiger partial charge in [-0.1, -0.05) is 0 Å². The molecule has 42 valence electrons. The van der Waals surface area contributed by atoms with Gasteiger partial charge in [-0.3, -0.25) is 0 Å². The predicted octanol–water partition coefficient (Wildman–Crippen LogP) is 0.530. The third-order valence-corrected chi connectivity index (χ3v) is 0.770. The van der Waals surface area contributed by atoms with Crippen molar-refractivity contribution in [1.82, 2.24) is 10.6 Å². The lowest BCUT2D eigenvalue weighted by atomic mass is 10.5. The van der Waals surface area contributed by atoms with E-state index in [1.54, 1.807) is 0 Å². The summed E-state index contributed by atoms with van der Waals surface area (Å²) in [6.07, 6.45) is 7.47. The van der Waals surface area contributed by atoms with Crippen molar-refractivity contribution in [2.45, 2.75) is 0 Å². The second kappa shape index (κ2) is 3.27. The van der Waals surface area contributed by atoms with Gasteiger partial charge in [0.15, 0.2) is 0 Å². The van der Waals surface area contributed by atoms with E-state index in [1.807, 2.05) is 37.6 Å². The quantitative estimate of drug-likeness (QED) is 0.473. The zero-order valence-electron chi connectivity index (χ0n) is 4.46. The van der Waals surface area contributed by atoms with Crippen molar-refractivity contribution in [2.75, 3.05) is 0 Å². The first kappa shape index (κ1) is 5.38. The van der Waals surface area contributed by atoms with E-state index in [9.17, 15) is 0 Å². The Morgan fingerprint density at radius 3 is 2.00 bits per heavy atom. The van der Waals surface area contributed by atoms with Crippen LogP contribution in [0.15, 0.2) is 24.6 Å². The number of nitrogens with one attached hydrogen (secondary N) is 2. The van der Waals surface area contributed by atoms with Gasteiger partial charge in [-0.25, -0.2) is 0 Å². The lowest BCUT2D eigenvalue weighted by Crippen LogP contribution is -2.06. The smallest absolute Gasteiger partial charge is 0.0464 e. The van der Waals surface area contributed by atoms with E-state index >= 15 is 0 Å². The van der Waals surface area contributed by atoms with Crippen molar-refractivity contribution < 1.29 is 0 Å². The zero-order chi connectivity index (χ0) is 5.66. The minimum absolute atomic E-state index is 1.84. The Morgan fingerprint density at radius 2 is 1.38 bits per heavy atom. The molecule has 0 saturated heterocycles. The summed E-state index contributed by atoms with van der Waals surface area (Å²) >= 11 is 0. The number of rotatable bonds is 0. The Labute approximate surface area is 49.3 Å². The molecule has 2 heteroatoms. The van der Waals surface area contributed by atoms with Gasteiger partial charge in [0, 0.05) is 13.1 Å². The van der Waals surface area contributed by atoms with Gasteiger partial charge in [0.1, 0.15) is 0 Å². The summed E-state index contributed by atoms with van der Waals surface area (Å²) in [5.41, 5.74) is 0. The maximum atomic E-state index is 2.92. The highest BCUT2D eigenvalue weighted by Gasteiger charge is 1.80. The molecule has 0 unspecified atom stereocenters. The van der Waals surface area contributed by atoms with E-state index in [4.69, 9.17) is 0 Å². The molecular weight excluding hydrogens is 100 g/mol. The Bertz CT molecular complexity index is 93.1. The molecule has 0 bridgehead atoms. The average molecular weight is 108 g/mol. The van der Waals surface area contributed by atoms with Crippen LogP contribution < -0.4 is 10.6 Å². The third kappa shape index (κ3) is 1.80. The van der Waals surface area contributed by atoms with Crippen molar-refractivity contribution in [1.29, 1.82) is 0 Å². The van der Waals surface area contributed by atoms with E-state index in [1.165, 1.54) is 0 Å². The maximum absolute atomic E-state index is 2.92. The number of hydrogen-bond donors (Lipinski definition) is 2. The minimum atomic E-state index is 1.84. The maximum Gasteiger partial charge on any atom is 0.0464 e. The molecule has 0 aromatic carbocycles. The van der Waals surface area contributed by atoms with Crippen LogP contribution in [0.4, 0.5) is 0 Å². The highest BCUT2D eigenvalue weighted by Crippen LogP contribution is 1.81. The van der Waals surface area contributed by atoms with Crippen LogP contribution in [-0.4, -0.2) is 0 Å². The highest BCUT2D eigenvalue weighted by atomic mass is 14.9. The van der Waals surface area contributed by atoms with Gasteiger partial charge >= 0.3 is 0 Å². The van der Waals surface area contributed by atoms with Crippen molar-refractivity contribution in [2.24, 2.45) is 0 Å². The Morgan fingerprint density at radius 1 is 0.750 bits per heavy atom. The van der Waals surface area contributed by atoms with Crippen molar-refractivity contribution in [3.8, 4) is 0 Å². The van der Waals surface area contributed by atoms with Gasteiger partial charge in [0.2, 0.25) is 0 Å². The minimum Gasteiger partial charge on any atom is -0.368 e. The van der Waals surface area contributed by atoms with Crippen LogP contribution in [0.2, 0.25) is 0 Å². The van der Waals surface area contributed by atoms with E-state index < -0.39 is 0 Å². The Hall–Kier alpha value is -0.760. The molecule has 0 aromatic heterocycles. The number of hydrogen-bond acceptors (Lipinski definition) is 2. The summed E-state index contributed by atoms with van der Waals surface area (Å²) in [4.78, 5) is 0. The molecule has 1 rings (SSSR count). The summed E-state index contributed by atoms with van der Waals surface area (Å²) < 4.78 is 0. The van der Waals surface area contributed by atoms with Crippen molar-refractivity contribution >= 4 is 0 Å². The van der Waals surface area contributed by atoms with Gasteiger partial charge in [0.05, 0.1) is 0 Å². The highest BCUT2D eigenvalue weighted by molar-refractivity contribution is 5.04. The SMILES string of the molecule is [CH]1/C=C\N/C=C\[CH]N1. The molecule has 1 aliphatic rings. The summed E-state index contributed by atoms with van der Waals surface area (Å²) in [6, 6.07) is 0. The molecule has 2 N–H and O–H groups in total. The second-order valence-corrected chi connectivity index (χ2v) is 1.38. The van der Waals surface area contributed by atoms with Crippen LogP contribution in [-0.2, 0) is 0 Å². The topological polar surface area (TPSA) is 24.1 Å².